The molecule has 0 saturated carbocycles. The van der Waals surface area contributed by atoms with E-state index >= 15 is 0 Å². The van der Waals surface area contributed by atoms with Gasteiger partial charge in [0.15, 0.2) is 0 Å². The third kappa shape index (κ3) is 4.08. The quantitative estimate of drug-likeness (QED) is 0.471. The molecule has 0 atom stereocenters. The predicted octanol–water partition coefficient (Wildman–Crippen LogP) is 5.62. The predicted molar refractivity (Wildman–Crippen MR) is 101 cm³/mol. The summed E-state index contributed by atoms with van der Waals surface area (Å²) in [5, 5.41) is 4.65. The minimum absolute atomic E-state index is 0.925. The Bertz CT molecular complexity index is 791. The van der Waals surface area contributed by atoms with Gasteiger partial charge in [-0.2, -0.15) is 5.10 Å². The zero-order valence-electron chi connectivity index (χ0n) is 12.8. The summed E-state index contributed by atoms with van der Waals surface area (Å²) in [4.78, 5) is 0. The van der Waals surface area contributed by atoms with Gasteiger partial charge in [0.05, 0.1) is 11.4 Å². The van der Waals surface area contributed by atoms with E-state index in [0.717, 1.165) is 27.0 Å². The Balaban J connectivity index is 1.96. The molecular formula is C20H17BrN2. The van der Waals surface area contributed by atoms with Crippen LogP contribution in [0.1, 0.15) is 16.7 Å². The van der Waals surface area contributed by atoms with Crippen LogP contribution in [0.4, 0.5) is 5.69 Å². The van der Waals surface area contributed by atoms with Crippen LogP contribution >= 0.6 is 15.9 Å². The molecule has 0 fully saturated rings. The highest BCUT2D eigenvalue weighted by Crippen LogP contribution is 2.16. The van der Waals surface area contributed by atoms with Crippen molar-refractivity contribution in [1.29, 1.82) is 0 Å². The van der Waals surface area contributed by atoms with Crippen molar-refractivity contribution in [3.63, 3.8) is 0 Å². The summed E-state index contributed by atoms with van der Waals surface area (Å²) in [7, 11) is 0. The molecule has 23 heavy (non-hydrogen) atoms. The van der Waals surface area contributed by atoms with E-state index in [2.05, 4.69) is 69.8 Å². The lowest BCUT2D eigenvalue weighted by atomic mass is 10.0. The van der Waals surface area contributed by atoms with Crippen molar-refractivity contribution >= 4 is 27.3 Å². The molecule has 0 amide bonds. The monoisotopic (exact) mass is 364 g/mol. The lowest BCUT2D eigenvalue weighted by Crippen LogP contribution is -2.06. The van der Waals surface area contributed by atoms with E-state index in [4.69, 9.17) is 0 Å². The Morgan fingerprint density at radius 3 is 2.04 bits per heavy atom. The van der Waals surface area contributed by atoms with E-state index in [1.807, 2.05) is 42.5 Å². The molecule has 0 aliphatic carbocycles. The number of hydrazone groups is 1. The maximum Gasteiger partial charge on any atom is 0.0977 e. The molecule has 3 heteroatoms. The van der Waals surface area contributed by atoms with Crippen molar-refractivity contribution in [2.45, 2.75) is 6.92 Å². The molecule has 0 heterocycles. The molecule has 2 nitrogen and oxygen atoms in total. The van der Waals surface area contributed by atoms with Gasteiger partial charge in [0.25, 0.3) is 0 Å². The normalized spacial score (nSPS) is 11.3. The topological polar surface area (TPSA) is 24.4 Å². The van der Waals surface area contributed by atoms with Crippen molar-refractivity contribution in [2.75, 3.05) is 5.43 Å². The van der Waals surface area contributed by atoms with Crippen LogP contribution in [0.2, 0.25) is 0 Å². The first-order chi connectivity index (χ1) is 11.2. The molecule has 1 N–H and O–H groups in total. The van der Waals surface area contributed by atoms with E-state index in [-0.39, 0.29) is 0 Å². The Labute approximate surface area is 145 Å². The van der Waals surface area contributed by atoms with Gasteiger partial charge in [0.2, 0.25) is 0 Å². The summed E-state index contributed by atoms with van der Waals surface area (Å²) in [6.07, 6.45) is 0. The third-order valence-electron chi connectivity index (χ3n) is 3.51. The van der Waals surface area contributed by atoms with Crippen LogP contribution in [0.3, 0.4) is 0 Å². The van der Waals surface area contributed by atoms with Crippen LogP contribution in [-0.4, -0.2) is 5.71 Å². The number of hydrogen-bond donors (Lipinski definition) is 1. The highest BCUT2D eigenvalue weighted by molar-refractivity contribution is 9.10. The van der Waals surface area contributed by atoms with Gasteiger partial charge in [-0.1, -0.05) is 76.1 Å². The van der Waals surface area contributed by atoms with Gasteiger partial charge >= 0.3 is 0 Å². The molecule has 3 rings (SSSR count). The van der Waals surface area contributed by atoms with Gasteiger partial charge in [0.1, 0.15) is 0 Å². The van der Waals surface area contributed by atoms with E-state index in [0.29, 0.717) is 0 Å². The molecule has 0 aliphatic heterocycles. The summed E-state index contributed by atoms with van der Waals surface area (Å²) >= 11 is 3.44. The van der Waals surface area contributed by atoms with Crippen molar-refractivity contribution in [2.24, 2.45) is 5.10 Å². The fraction of sp³-hybridized carbons (Fsp3) is 0.0500. The summed E-state index contributed by atoms with van der Waals surface area (Å²) in [5.74, 6) is 0. The summed E-state index contributed by atoms with van der Waals surface area (Å²) < 4.78 is 1.05. The smallest absolute Gasteiger partial charge is 0.0977 e. The fourth-order valence-electron chi connectivity index (χ4n) is 2.25. The number of nitrogens with one attached hydrogen (secondary N) is 1. The van der Waals surface area contributed by atoms with Crippen LogP contribution in [0, 0.1) is 6.92 Å². The maximum atomic E-state index is 4.65. The average Bonchev–Trinajstić information content (AvgIpc) is 2.59. The third-order valence-corrected chi connectivity index (χ3v) is 4.04. The molecule has 0 bridgehead atoms. The number of aryl methyl sites for hydroxylation is 1. The largest absolute Gasteiger partial charge is 0.278 e. The molecule has 0 aliphatic rings. The van der Waals surface area contributed by atoms with E-state index in [9.17, 15) is 0 Å². The molecule has 0 radical (unpaired) electrons. The van der Waals surface area contributed by atoms with Crippen molar-refractivity contribution in [1.82, 2.24) is 0 Å². The van der Waals surface area contributed by atoms with Crippen LogP contribution in [0.25, 0.3) is 0 Å². The Morgan fingerprint density at radius 1 is 0.783 bits per heavy atom. The average molecular weight is 365 g/mol. The molecule has 0 aromatic heterocycles. The van der Waals surface area contributed by atoms with Crippen molar-refractivity contribution in [3.8, 4) is 0 Å². The molecule has 0 unspecified atom stereocenters. The highest BCUT2D eigenvalue weighted by atomic mass is 79.9. The first-order valence-electron chi connectivity index (χ1n) is 7.44. The minimum atomic E-state index is 0.925. The molecule has 3 aromatic carbocycles. The second-order valence-electron chi connectivity index (χ2n) is 5.31. The Hall–Kier alpha value is -2.39. The summed E-state index contributed by atoms with van der Waals surface area (Å²) in [6.45, 7) is 2.09. The van der Waals surface area contributed by atoms with Crippen LogP contribution in [0.15, 0.2) is 88.4 Å². The van der Waals surface area contributed by atoms with E-state index in [1.165, 1.54) is 5.56 Å². The van der Waals surface area contributed by atoms with Crippen molar-refractivity contribution in [3.05, 3.63) is 100 Å². The number of hydrogen-bond acceptors (Lipinski definition) is 2. The molecule has 114 valence electrons. The van der Waals surface area contributed by atoms with Gasteiger partial charge in [-0.05, 0) is 31.2 Å². The number of nitrogens with zero attached hydrogens (tertiary/aromatic N) is 1. The zero-order valence-corrected chi connectivity index (χ0v) is 14.4. The number of anilines is 1. The standard InChI is InChI=1S/C20H17BrN2/c1-15-7-9-17(10-8-15)20(16-5-3-2-4-6-16)23-22-19-13-11-18(21)12-14-19/h2-14,22H,1H3. The van der Waals surface area contributed by atoms with Gasteiger partial charge < -0.3 is 0 Å². The number of benzene rings is 3. The minimum Gasteiger partial charge on any atom is -0.278 e. The zero-order chi connectivity index (χ0) is 16.1. The highest BCUT2D eigenvalue weighted by Gasteiger charge is 2.06. The first-order valence-corrected chi connectivity index (χ1v) is 8.23. The molecular weight excluding hydrogens is 348 g/mol. The lowest BCUT2D eigenvalue weighted by molar-refractivity contribution is 1.32. The van der Waals surface area contributed by atoms with Gasteiger partial charge in [0, 0.05) is 15.6 Å². The SMILES string of the molecule is Cc1ccc(C(=NNc2ccc(Br)cc2)c2ccccc2)cc1. The summed E-state index contributed by atoms with van der Waals surface area (Å²) in [5.41, 5.74) is 8.44. The second kappa shape index (κ2) is 7.25. The molecule has 0 saturated heterocycles. The first kappa shape index (κ1) is 15.5. The van der Waals surface area contributed by atoms with Crippen molar-refractivity contribution < 1.29 is 0 Å². The molecule has 0 spiro atoms. The van der Waals surface area contributed by atoms with Gasteiger partial charge in [-0.15, -0.1) is 0 Å². The summed E-state index contributed by atoms with van der Waals surface area (Å²) in [6, 6.07) is 26.6. The Morgan fingerprint density at radius 2 is 1.39 bits per heavy atom. The van der Waals surface area contributed by atoms with Crippen LogP contribution in [-0.2, 0) is 0 Å². The maximum absolute atomic E-state index is 4.65. The van der Waals surface area contributed by atoms with Gasteiger partial charge in [-0.3, -0.25) is 5.43 Å². The van der Waals surface area contributed by atoms with Crippen LogP contribution < -0.4 is 5.43 Å². The van der Waals surface area contributed by atoms with E-state index < -0.39 is 0 Å². The Kier molecular flexibility index (Phi) is 4.89. The second-order valence-corrected chi connectivity index (χ2v) is 6.23. The van der Waals surface area contributed by atoms with Gasteiger partial charge in [-0.25, -0.2) is 0 Å². The lowest BCUT2D eigenvalue weighted by Gasteiger charge is -2.09. The van der Waals surface area contributed by atoms with Crippen LogP contribution in [0.5, 0.6) is 0 Å². The molecule has 3 aromatic rings. The fourth-order valence-corrected chi connectivity index (χ4v) is 2.51. The van der Waals surface area contributed by atoms with E-state index in [1.54, 1.807) is 0 Å². The number of halogens is 1. The number of rotatable bonds is 4.